The fraction of sp³-hybridized carbons (Fsp3) is 0.400. The van der Waals surface area contributed by atoms with Crippen molar-refractivity contribution in [2.45, 2.75) is 38.1 Å². The van der Waals surface area contributed by atoms with E-state index in [0.717, 1.165) is 36.7 Å². The van der Waals surface area contributed by atoms with Crippen molar-refractivity contribution in [2.75, 3.05) is 20.2 Å². The molecule has 0 aliphatic carbocycles. The van der Waals surface area contributed by atoms with Crippen LogP contribution in [0.3, 0.4) is 0 Å². The Bertz CT molecular complexity index is 998. The van der Waals surface area contributed by atoms with E-state index < -0.39 is 16.5 Å². The van der Waals surface area contributed by atoms with Gasteiger partial charge in [0.15, 0.2) is 0 Å². The second-order valence-corrected chi connectivity index (χ2v) is 9.64. The van der Waals surface area contributed by atoms with Gasteiger partial charge in [0.2, 0.25) is 5.91 Å². The Labute approximate surface area is 193 Å². The summed E-state index contributed by atoms with van der Waals surface area (Å²) in [6.07, 6.45) is 0.718. The van der Waals surface area contributed by atoms with Gasteiger partial charge in [-0.05, 0) is 37.2 Å². The highest BCUT2D eigenvalue weighted by molar-refractivity contribution is 8.09. The maximum Gasteiger partial charge on any atom is 0.220 e. The molecule has 1 N–H and O–H groups in total. The second kappa shape index (κ2) is 10.0. The molecule has 32 heavy (non-hydrogen) atoms. The lowest BCUT2D eigenvalue weighted by Crippen LogP contribution is -2.53. The van der Waals surface area contributed by atoms with Crippen LogP contribution in [0.25, 0.3) is 4.91 Å². The van der Waals surface area contributed by atoms with Gasteiger partial charge in [0.05, 0.1) is 6.61 Å². The van der Waals surface area contributed by atoms with Crippen molar-refractivity contribution in [2.24, 2.45) is 5.92 Å². The first kappa shape index (κ1) is 24.3. The first-order valence-electron chi connectivity index (χ1n) is 10.7. The molecule has 1 amide bonds. The Morgan fingerprint density at radius 1 is 1.31 bits per heavy atom. The predicted molar refractivity (Wildman–Crippen MR) is 126 cm³/mol. The number of carbonyl (C=O) groups excluding carboxylic acids is 1. The average Bonchev–Trinajstić information content (AvgIpc) is 2.75. The molecule has 0 spiro atoms. The fourth-order valence-corrected chi connectivity index (χ4v) is 5.62. The van der Waals surface area contributed by atoms with Gasteiger partial charge in [-0.25, -0.2) is 8.78 Å². The molecular formula is C25H30F2N2O2S. The lowest BCUT2D eigenvalue weighted by atomic mass is 9.86. The van der Waals surface area contributed by atoms with Crippen LogP contribution in [0.4, 0.5) is 8.78 Å². The third-order valence-corrected chi connectivity index (χ3v) is 7.39. The van der Waals surface area contributed by atoms with Gasteiger partial charge in [0, 0.05) is 42.0 Å². The number of ether oxygens (including phenoxy) is 1. The summed E-state index contributed by atoms with van der Waals surface area (Å²) in [4.78, 5) is 13.9. The summed E-state index contributed by atoms with van der Waals surface area (Å²) in [7, 11) is 1.75. The van der Waals surface area contributed by atoms with E-state index in [4.69, 9.17) is 4.74 Å². The minimum Gasteiger partial charge on any atom is -0.493 e. The molecule has 1 heterocycles. The maximum atomic E-state index is 14.6. The van der Waals surface area contributed by atoms with Crippen LogP contribution in [0.5, 0.6) is 5.75 Å². The molecule has 2 atom stereocenters. The number of benzene rings is 2. The minimum atomic E-state index is -0.894. The molecule has 0 bridgehead atoms. The molecule has 2 aromatic rings. The van der Waals surface area contributed by atoms with Gasteiger partial charge in [-0.2, -0.15) is 0 Å². The number of halogens is 2. The highest BCUT2D eigenvalue weighted by atomic mass is 32.2. The van der Waals surface area contributed by atoms with Gasteiger partial charge >= 0.3 is 0 Å². The Morgan fingerprint density at radius 3 is 2.72 bits per heavy atom. The number of fused-ring (bicyclic) bond motifs is 1. The van der Waals surface area contributed by atoms with Crippen LogP contribution >= 0.6 is 11.8 Å². The highest BCUT2D eigenvalue weighted by Crippen LogP contribution is 2.56. The van der Waals surface area contributed by atoms with Crippen molar-refractivity contribution in [3.63, 3.8) is 0 Å². The van der Waals surface area contributed by atoms with E-state index >= 15 is 0 Å². The number of carbonyl (C=O) groups is 1. The van der Waals surface area contributed by atoms with Crippen LogP contribution in [-0.2, 0) is 9.67 Å². The van der Waals surface area contributed by atoms with E-state index in [1.807, 2.05) is 24.3 Å². The van der Waals surface area contributed by atoms with Gasteiger partial charge in [0.25, 0.3) is 0 Å². The molecular weight excluding hydrogens is 430 g/mol. The number of hydrogen-bond donors (Lipinski definition) is 1. The summed E-state index contributed by atoms with van der Waals surface area (Å²) in [5.41, 5.74) is 0.913. The third-order valence-electron chi connectivity index (χ3n) is 5.79. The number of para-hydroxylation sites is 1. The van der Waals surface area contributed by atoms with E-state index in [9.17, 15) is 13.6 Å². The van der Waals surface area contributed by atoms with Crippen LogP contribution in [0.15, 0.2) is 49.0 Å². The maximum absolute atomic E-state index is 14.6. The Hall–Kier alpha value is -2.38. The quantitative estimate of drug-likeness (QED) is 0.536. The van der Waals surface area contributed by atoms with Crippen molar-refractivity contribution in [1.29, 1.82) is 0 Å². The molecule has 0 saturated heterocycles. The first-order valence-corrected chi connectivity index (χ1v) is 11.5. The number of thioether (sulfide) groups is 1. The monoisotopic (exact) mass is 460 g/mol. The smallest absolute Gasteiger partial charge is 0.220 e. The zero-order valence-corrected chi connectivity index (χ0v) is 19.8. The summed E-state index contributed by atoms with van der Waals surface area (Å²) in [5, 5.41) is 3.42. The van der Waals surface area contributed by atoms with Crippen molar-refractivity contribution in [3.05, 3.63) is 71.8 Å². The first-order chi connectivity index (χ1) is 15.2. The summed E-state index contributed by atoms with van der Waals surface area (Å²) in [6.45, 7) is 10.9. The molecule has 0 radical (unpaired) electrons. The van der Waals surface area contributed by atoms with Gasteiger partial charge in [-0.15, -0.1) is 0 Å². The summed E-state index contributed by atoms with van der Waals surface area (Å²) >= 11 is 1.29. The van der Waals surface area contributed by atoms with Crippen LogP contribution in [0, 0.1) is 17.6 Å². The molecule has 0 saturated carbocycles. The van der Waals surface area contributed by atoms with Gasteiger partial charge in [-0.1, -0.05) is 50.4 Å². The molecule has 0 aromatic heterocycles. The van der Waals surface area contributed by atoms with Crippen LogP contribution in [0.2, 0.25) is 0 Å². The number of rotatable bonds is 8. The normalized spacial score (nSPS) is 19.9. The number of nitrogens with zero attached hydrogens (tertiary/aromatic N) is 1. The fourth-order valence-electron chi connectivity index (χ4n) is 4.09. The van der Waals surface area contributed by atoms with Crippen LogP contribution in [0.1, 0.15) is 38.3 Å². The molecule has 172 valence electrons. The Morgan fingerprint density at radius 2 is 2.03 bits per heavy atom. The average molecular weight is 461 g/mol. The van der Waals surface area contributed by atoms with E-state index in [0.29, 0.717) is 23.3 Å². The highest BCUT2D eigenvalue weighted by Gasteiger charge is 2.50. The summed E-state index contributed by atoms with van der Waals surface area (Å²) in [6, 6.07) is 11.2. The Kier molecular flexibility index (Phi) is 7.62. The molecule has 1 aliphatic rings. The zero-order chi connectivity index (χ0) is 23.5. The molecule has 3 rings (SSSR count). The molecule has 7 heteroatoms. The summed E-state index contributed by atoms with van der Waals surface area (Å²) in [5.74, 6) is -0.668. The third kappa shape index (κ3) is 4.84. The molecule has 2 aromatic carbocycles. The Balaban J connectivity index is 2.11. The minimum absolute atomic E-state index is 0.0920. The molecule has 1 aliphatic heterocycles. The topological polar surface area (TPSA) is 41.6 Å². The van der Waals surface area contributed by atoms with Gasteiger partial charge in [-0.3, -0.25) is 4.79 Å². The van der Waals surface area contributed by atoms with E-state index in [2.05, 4.69) is 25.7 Å². The van der Waals surface area contributed by atoms with Crippen molar-refractivity contribution in [3.8, 4) is 5.75 Å². The molecule has 4 nitrogen and oxygen atoms in total. The predicted octanol–water partition coefficient (Wildman–Crippen LogP) is 5.40. The van der Waals surface area contributed by atoms with Crippen molar-refractivity contribution in [1.82, 2.24) is 10.2 Å². The molecule has 0 fully saturated rings. The van der Waals surface area contributed by atoms with E-state index in [1.54, 1.807) is 11.9 Å². The molecule has 2 unspecified atom stereocenters. The van der Waals surface area contributed by atoms with Crippen molar-refractivity contribution >= 4 is 22.6 Å². The summed E-state index contributed by atoms with van der Waals surface area (Å²) < 4.78 is 34.6. The lowest BCUT2D eigenvalue weighted by Gasteiger charge is -2.50. The zero-order valence-electron chi connectivity index (χ0n) is 19.0. The number of nitrogens with one attached hydrogen (secondary N) is 1. The largest absolute Gasteiger partial charge is 0.493 e. The van der Waals surface area contributed by atoms with E-state index in [-0.39, 0.29) is 17.4 Å². The second-order valence-electron chi connectivity index (χ2n) is 8.33. The number of amides is 1. The van der Waals surface area contributed by atoms with Gasteiger partial charge in [0.1, 0.15) is 22.3 Å². The van der Waals surface area contributed by atoms with Crippen LogP contribution in [-0.4, -0.2) is 37.0 Å². The standard InChI is InChI=1S/C25H30F2N2O2S/c1-16(2)28-13-12-19-15-31-24-9-7-6-8-22(24)25(19,29(5)18(4)30)32-17(3)21-14-20(26)10-11-23(21)27/h6-11,14,16,19,28H,3,12-13,15H2,1-2,4-5H3. The van der Waals surface area contributed by atoms with E-state index in [1.165, 1.54) is 18.7 Å². The van der Waals surface area contributed by atoms with Gasteiger partial charge < -0.3 is 15.0 Å². The number of hydrogen-bond acceptors (Lipinski definition) is 4. The van der Waals surface area contributed by atoms with Crippen molar-refractivity contribution < 1.29 is 18.3 Å². The SMILES string of the molecule is C=C(SC1(N(C)C(C)=O)c2ccccc2OCC1CCNC(C)C)c1cc(F)ccc1F. The lowest BCUT2D eigenvalue weighted by molar-refractivity contribution is -0.133. The van der Waals surface area contributed by atoms with Crippen LogP contribution < -0.4 is 10.1 Å².